The molecular formula is C53H95NO8. The van der Waals surface area contributed by atoms with Gasteiger partial charge in [0.15, 0.2) is 6.29 Å². The third-order valence-corrected chi connectivity index (χ3v) is 11.8. The Balaban J connectivity index is 2.29. The van der Waals surface area contributed by atoms with Crippen LogP contribution in [-0.2, 0) is 14.3 Å². The number of rotatable bonds is 42. The van der Waals surface area contributed by atoms with E-state index in [-0.39, 0.29) is 12.5 Å². The van der Waals surface area contributed by atoms with Crippen LogP contribution in [0.4, 0.5) is 0 Å². The molecule has 0 radical (unpaired) electrons. The van der Waals surface area contributed by atoms with Gasteiger partial charge in [0.2, 0.25) is 5.91 Å². The Hall–Kier alpha value is -2.11. The Labute approximate surface area is 379 Å². The first-order valence-corrected chi connectivity index (χ1v) is 25.5. The lowest BCUT2D eigenvalue weighted by Crippen LogP contribution is -2.60. The molecule has 360 valence electrons. The van der Waals surface area contributed by atoms with E-state index in [1.165, 1.54) is 122 Å². The topological polar surface area (TPSA) is 149 Å². The van der Waals surface area contributed by atoms with E-state index in [1.54, 1.807) is 6.08 Å². The van der Waals surface area contributed by atoms with E-state index in [2.05, 4.69) is 67.8 Å². The maximum Gasteiger partial charge on any atom is 0.220 e. The summed E-state index contributed by atoms with van der Waals surface area (Å²) < 4.78 is 11.2. The molecule has 62 heavy (non-hydrogen) atoms. The van der Waals surface area contributed by atoms with Gasteiger partial charge in [-0.3, -0.25) is 4.79 Å². The lowest BCUT2D eigenvalue weighted by Gasteiger charge is -2.40. The molecule has 0 spiro atoms. The van der Waals surface area contributed by atoms with Gasteiger partial charge in [-0.15, -0.1) is 0 Å². The summed E-state index contributed by atoms with van der Waals surface area (Å²) in [5.74, 6) is -0.183. The minimum absolute atomic E-state index is 0.183. The normalized spacial score (nSPS) is 20.8. The molecule has 1 aliphatic rings. The zero-order valence-electron chi connectivity index (χ0n) is 39.6. The molecule has 0 aliphatic carbocycles. The Kier molecular flexibility index (Phi) is 40.0. The van der Waals surface area contributed by atoms with Crippen molar-refractivity contribution in [2.45, 2.75) is 256 Å². The highest BCUT2D eigenvalue weighted by Gasteiger charge is 2.44. The number of amides is 1. The van der Waals surface area contributed by atoms with Crippen LogP contribution in [-0.4, -0.2) is 87.5 Å². The standard InChI is InChI=1S/C53H95NO8/c1-3-5-7-9-11-13-15-17-19-21-22-23-24-25-26-27-29-31-33-35-37-39-41-43-49(57)54-46(45-61-53-52(60)51(59)50(58)48(44-55)62-53)47(56)42-40-38-36-34-32-30-28-20-18-16-14-12-10-8-6-4-2/h5,7,11,13,17,19,22-23,40,42,46-48,50-53,55-56,58-60H,3-4,6,8-10,12,14-16,18,20-21,24-39,41,43-45H2,1-2H3,(H,54,57)/b7-5-,13-11-,19-17-,23-22-,42-40+. The molecule has 9 nitrogen and oxygen atoms in total. The summed E-state index contributed by atoms with van der Waals surface area (Å²) in [6.07, 6.45) is 49.7. The van der Waals surface area contributed by atoms with E-state index in [4.69, 9.17) is 9.47 Å². The first-order valence-electron chi connectivity index (χ1n) is 25.5. The quantitative estimate of drug-likeness (QED) is 0.0262. The SMILES string of the molecule is CC/C=C\C/C=C\C/C=C\C/C=C\CCCCCCCCCCCCC(=O)NC(COC1OC(CO)C(O)C(O)C1O)C(O)/C=C/CCCCCCCCCCCCCCCC. The number of unbranched alkanes of at least 4 members (excludes halogenated alkanes) is 24. The third-order valence-electron chi connectivity index (χ3n) is 11.8. The van der Waals surface area contributed by atoms with E-state index < -0.39 is 49.5 Å². The van der Waals surface area contributed by atoms with E-state index in [0.29, 0.717) is 6.42 Å². The van der Waals surface area contributed by atoms with Gasteiger partial charge in [0.1, 0.15) is 24.4 Å². The van der Waals surface area contributed by atoms with Crippen LogP contribution in [0, 0.1) is 0 Å². The van der Waals surface area contributed by atoms with Gasteiger partial charge in [-0.05, 0) is 57.8 Å². The van der Waals surface area contributed by atoms with Crippen LogP contribution in [0.15, 0.2) is 60.8 Å². The number of ether oxygens (including phenoxy) is 2. The highest BCUT2D eigenvalue weighted by atomic mass is 16.7. The Morgan fingerprint density at radius 3 is 1.48 bits per heavy atom. The molecule has 1 saturated heterocycles. The molecule has 6 N–H and O–H groups in total. The van der Waals surface area contributed by atoms with E-state index in [9.17, 15) is 30.3 Å². The van der Waals surface area contributed by atoms with Gasteiger partial charge in [-0.25, -0.2) is 0 Å². The molecule has 1 amide bonds. The number of carbonyl (C=O) groups excluding carboxylic acids is 1. The van der Waals surface area contributed by atoms with Gasteiger partial charge in [-0.2, -0.15) is 0 Å². The summed E-state index contributed by atoms with van der Waals surface area (Å²) in [4.78, 5) is 13.0. The number of aliphatic hydroxyl groups is 5. The molecule has 9 heteroatoms. The molecule has 0 aromatic heterocycles. The molecule has 1 fully saturated rings. The highest BCUT2D eigenvalue weighted by Crippen LogP contribution is 2.23. The maximum atomic E-state index is 13.0. The number of nitrogens with one attached hydrogen (secondary N) is 1. The van der Waals surface area contributed by atoms with Crippen LogP contribution in [0.25, 0.3) is 0 Å². The van der Waals surface area contributed by atoms with Crippen molar-refractivity contribution in [1.29, 1.82) is 0 Å². The molecule has 0 aromatic rings. The predicted molar refractivity (Wildman–Crippen MR) is 258 cm³/mol. The molecule has 0 aromatic carbocycles. The Morgan fingerprint density at radius 1 is 0.565 bits per heavy atom. The van der Waals surface area contributed by atoms with Crippen LogP contribution in [0.3, 0.4) is 0 Å². The van der Waals surface area contributed by atoms with Crippen molar-refractivity contribution in [1.82, 2.24) is 5.32 Å². The average molecular weight is 874 g/mol. The van der Waals surface area contributed by atoms with Crippen molar-refractivity contribution in [3.63, 3.8) is 0 Å². The Bertz CT molecular complexity index is 1150. The number of hydrogen-bond donors (Lipinski definition) is 6. The summed E-state index contributed by atoms with van der Waals surface area (Å²) in [6.45, 7) is 3.66. The number of aliphatic hydroxyl groups excluding tert-OH is 5. The molecule has 0 bridgehead atoms. The van der Waals surface area contributed by atoms with Crippen LogP contribution in [0.5, 0.6) is 0 Å². The first kappa shape index (κ1) is 57.9. The Morgan fingerprint density at radius 2 is 1.00 bits per heavy atom. The van der Waals surface area contributed by atoms with E-state index >= 15 is 0 Å². The molecule has 7 atom stereocenters. The van der Waals surface area contributed by atoms with E-state index in [1.807, 2.05) is 6.08 Å². The minimum atomic E-state index is -1.57. The van der Waals surface area contributed by atoms with Gasteiger partial charge in [0, 0.05) is 6.42 Å². The van der Waals surface area contributed by atoms with Crippen molar-refractivity contribution in [2.24, 2.45) is 0 Å². The fourth-order valence-electron chi connectivity index (χ4n) is 7.79. The zero-order valence-corrected chi connectivity index (χ0v) is 39.6. The van der Waals surface area contributed by atoms with Crippen molar-refractivity contribution in [3.05, 3.63) is 60.8 Å². The van der Waals surface area contributed by atoms with Gasteiger partial charge in [0.05, 0.1) is 25.4 Å². The predicted octanol–water partition coefficient (Wildman–Crippen LogP) is 11.6. The lowest BCUT2D eigenvalue weighted by molar-refractivity contribution is -0.302. The molecule has 1 heterocycles. The van der Waals surface area contributed by atoms with Crippen molar-refractivity contribution in [2.75, 3.05) is 13.2 Å². The second-order valence-electron chi connectivity index (χ2n) is 17.6. The fourth-order valence-corrected chi connectivity index (χ4v) is 7.79. The van der Waals surface area contributed by atoms with Crippen LogP contribution < -0.4 is 5.32 Å². The summed E-state index contributed by atoms with van der Waals surface area (Å²) in [5, 5.41) is 54.3. The lowest BCUT2D eigenvalue weighted by atomic mass is 9.99. The maximum absolute atomic E-state index is 13.0. The molecule has 1 aliphatic heterocycles. The second-order valence-corrected chi connectivity index (χ2v) is 17.6. The van der Waals surface area contributed by atoms with Crippen LogP contribution >= 0.6 is 0 Å². The monoisotopic (exact) mass is 874 g/mol. The van der Waals surface area contributed by atoms with Crippen LogP contribution in [0.1, 0.15) is 213 Å². The largest absolute Gasteiger partial charge is 0.394 e. The summed E-state index contributed by atoms with van der Waals surface area (Å²) in [6, 6.07) is -0.809. The van der Waals surface area contributed by atoms with Crippen molar-refractivity contribution in [3.8, 4) is 0 Å². The van der Waals surface area contributed by atoms with Crippen molar-refractivity contribution < 1.29 is 39.8 Å². The van der Waals surface area contributed by atoms with Gasteiger partial charge in [0.25, 0.3) is 0 Å². The number of allylic oxidation sites excluding steroid dienone is 9. The fraction of sp³-hybridized carbons (Fsp3) is 0.792. The zero-order chi connectivity index (χ0) is 45.1. The molecule has 0 saturated carbocycles. The summed E-state index contributed by atoms with van der Waals surface area (Å²) in [7, 11) is 0. The number of carbonyl (C=O) groups is 1. The summed E-state index contributed by atoms with van der Waals surface area (Å²) >= 11 is 0. The van der Waals surface area contributed by atoms with Gasteiger partial charge in [-0.1, -0.05) is 209 Å². The third kappa shape index (κ3) is 32.5. The molecule has 7 unspecified atom stereocenters. The molecule has 1 rings (SSSR count). The van der Waals surface area contributed by atoms with Gasteiger partial charge < -0.3 is 40.3 Å². The first-order chi connectivity index (χ1) is 30.3. The van der Waals surface area contributed by atoms with Crippen molar-refractivity contribution >= 4 is 5.91 Å². The van der Waals surface area contributed by atoms with E-state index in [0.717, 1.165) is 70.6 Å². The van der Waals surface area contributed by atoms with Gasteiger partial charge >= 0.3 is 0 Å². The minimum Gasteiger partial charge on any atom is -0.394 e. The smallest absolute Gasteiger partial charge is 0.220 e. The summed E-state index contributed by atoms with van der Waals surface area (Å²) in [5.41, 5.74) is 0. The average Bonchev–Trinajstić information content (AvgIpc) is 3.27. The highest BCUT2D eigenvalue weighted by molar-refractivity contribution is 5.76. The second kappa shape index (κ2) is 42.8. The number of hydrogen-bond acceptors (Lipinski definition) is 8. The van der Waals surface area contributed by atoms with Crippen LogP contribution in [0.2, 0.25) is 0 Å². The molecular weight excluding hydrogens is 779 g/mol.